The van der Waals surface area contributed by atoms with Crippen LogP contribution in [0.2, 0.25) is 0 Å². The van der Waals surface area contributed by atoms with Crippen molar-refractivity contribution < 1.29 is 14.5 Å². The molecule has 0 aromatic heterocycles. The number of hydrogen-bond acceptors (Lipinski definition) is 5. The second-order valence-corrected chi connectivity index (χ2v) is 8.34. The Balaban J connectivity index is 1.66. The maximum atomic E-state index is 12.8. The predicted molar refractivity (Wildman–Crippen MR) is 112 cm³/mol. The zero-order valence-corrected chi connectivity index (χ0v) is 16.9. The van der Waals surface area contributed by atoms with E-state index in [-0.39, 0.29) is 23.5 Å². The van der Waals surface area contributed by atoms with Crippen molar-refractivity contribution in [2.45, 2.75) is 36.0 Å². The van der Waals surface area contributed by atoms with Gasteiger partial charge < -0.3 is 10.2 Å². The average Bonchev–Trinajstić information content (AvgIpc) is 3.13. The van der Waals surface area contributed by atoms with Gasteiger partial charge in [0.1, 0.15) is 0 Å². The molecule has 1 fully saturated rings. The summed E-state index contributed by atoms with van der Waals surface area (Å²) < 4.78 is 0. The van der Waals surface area contributed by atoms with Crippen molar-refractivity contribution in [3.8, 4) is 0 Å². The normalized spacial score (nSPS) is 15.8. The number of rotatable bonds is 8. The Kier molecular flexibility index (Phi) is 6.87. The summed E-state index contributed by atoms with van der Waals surface area (Å²) in [4.78, 5) is 37.8. The standard InChI is InChI=1S/C21H23N3O4S/c1-15(29-18-11-9-17(10-12-18)24(27)28)21(26)22-19(16-6-3-2-4-7-16)14-23-13-5-8-20(23)25/h2-4,6-7,9-12,15,19H,5,8,13-14H2,1H3,(H,22,26). The molecule has 2 aromatic rings. The lowest BCUT2D eigenvalue weighted by atomic mass is 10.1. The number of likely N-dealkylation sites (tertiary alicyclic amines) is 1. The summed E-state index contributed by atoms with van der Waals surface area (Å²) in [6, 6.07) is 15.5. The van der Waals surface area contributed by atoms with Gasteiger partial charge in [-0.25, -0.2) is 0 Å². The highest BCUT2D eigenvalue weighted by Gasteiger charge is 2.26. The first-order valence-electron chi connectivity index (χ1n) is 9.48. The minimum absolute atomic E-state index is 0.0193. The van der Waals surface area contributed by atoms with Crippen LogP contribution in [0.1, 0.15) is 31.4 Å². The van der Waals surface area contributed by atoms with E-state index in [0.717, 1.165) is 16.9 Å². The van der Waals surface area contributed by atoms with Gasteiger partial charge >= 0.3 is 0 Å². The average molecular weight is 413 g/mol. The number of carbonyl (C=O) groups excluding carboxylic acids is 2. The fourth-order valence-corrected chi connectivity index (χ4v) is 4.11. The van der Waals surface area contributed by atoms with Crippen LogP contribution in [-0.2, 0) is 9.59 Å². The molecule has 1 aliphatic rings. The molecule has 0 bridgehead atoms. The van der Waals surface area contributed by atoms with Crippen LogP contribution in [0.4, 0.5) is 5.69 Å². The molecule has 29 heavy (non-hydrogen) atoms. The Bertz CT molecular complexity index is 873. The summed E-state index contributed by atoms with van der Waals surface area (Å²) in [6.45, 7) is 2.96. The fraction of sp³-hybridized carbons (Fsp3) is 0.333. The van der Waals surface area contributed by atoms with Crippen LogP contribution >= 0.6 is 11.8 Å². The third kappa shape index (κ3) is 5.57. The largest absolute Gasteiger partial charge is 0.347 e. The summed E-state index contributed by atoms with van der Waals surface area (Å²) in [5.41, 5.74) is 0.971. The minimum atomic E-state index is -0.450. The first-order valence-corrected chi connectivity index (χ1v) is 10.4. The summed E-state index contributed by atoms with van der Waals surface area (Å²) in [6.07, 6.45) is 1.41. The number of non-ortho nitro benzene ring substituents is 1. The molecular weight excluding hydrogens is 390 g/mol. The highest BCUT2D eigenvalue weighted by Crippen LogP contribution is 2.26. The van der Waals surface area contributed by atoms with Crippen molar-refractivity contribution in [3.05, 3.63) is 70.3 Å². The lowest BCUT2D eigenvalue weighted by molar-refractivity contribution is -0.384. The van der Waals surface area contributed by atoms with Crippen molar-refractivity contribution in [2.24, 2.45) is 0 Å². The highest BCUT2D eigenvalue weighted by atomic mass is 32.2. The molecule has 1 heterocycles. The van der Waals surface area contributed by atoms with Crippen LogP contribution < -0.4 is 5.32 Å². The molecule has 7 nitrogen and oxygen atoms in total. The molecule has 152 valence electrons. The fourth-order valence-electron chi connectivity index (χ4n) is 3.23. The van der Waals surface area contributed by atoms with Gasteiger partial charge in [-0.05, 0) is 31.0 Å². The number of benzene rings is 2. The topological polar surface area (TPSA) is 92.5 Å². The first-order chi connectivity index (χ1) is 13.9. The second-order valence-electron chi connectivity index (χ2n) is 6.93. The second kappa shape index (κ2) is 9.56. The molecule has 2 atom stereocenters. The van der Waals surface area contributed by atoms with E-state index < -0.39 is 10.2 Å². The number of nitro groups is 1. The molecule has 0 aliphatic carbocycles. The number of nitrogens with one attached hydrogen (secondary N) is 1. The van der Waals surface area contributed by atoms with Gasteiger partial charge in [-0.3, -0.25) is 19.7 Å². The quantitative estimate of drug-likeness (QED) is 0.406. The van der Waals surface area contributed by atoms with Gasteiger partial charge in [0.05, 0.1) is 16.2 Å². The van der Waals surface area contributed by atoms with Gasteiger partial charge in [-0.2, -0.15) is 0 Å². The third-order valence-electron chi connectivity index (χ3n) is 4.82. The molecule has 0 spiro atoms. The Hall–Kier alpha value is -2.87. The molecule has 1 saturated heterocycles. The minimum Gasteiger partial charge on any atom is -0.347 e. The van der Waals surface area contributed by atoms with Crippen molar-refractivity contribution in [1.82, 2.24) is 10.2 Å². The number of amides is 2. The van der Waals surface area contributed by atoms with Gasteiger partial charge in [0.15, 0.2) is 0 Å². The highest BCUT2D eigenvalue weighted by molar-refractivity contribution is 8.00. The van der Waals surface area contributed by atoms with Crippen molar-refractivity contribution in [1.29, 1.82) is 0 Å². The van der Waals surface area contributed by atoms with Gasteiger partial charge in [0.25, 0.3) is 5.69 Å². The zero-order valence-electron chi connectivity index (χ0n) is 16.1. The maximum absolute atomic E-state index is 12.8. The van der Waals surface area contributed by atoms with E-state index in [2.05, 4.69) is 5.32 Å². The molecule has 2 amide bonds. The molecule has 0 saturated carbocycles. The molecule has 1 N–H and O–H groups in total. The summed E-state index contributed by atoms with van der Waals surface area (Å²) in [5.74, 6) is -0.0256. The van der Waals surface area contributed by atoms with E-state index in [4.69, 9.17) is 0 Å². The number of thioether (sulfide) groups is 1. The maximum Gasteiger partial charge on any atom is 0.269 e. The van der Waals surface area contributed by atoms with Crippen molar-refractivity contribution >= 4 is 29.3 Å². The summed E-state index contributed by atoms with van der Waals surface area (Å²) >= 11 is 1.34. The number of nitrogens with zero attached hydrogens (tertiary/aromatic N) is 2. The van der Waals surface area contributed by atoms with Crippen LogP contribution in [0.15, 0.2) is 59.5 Å². The van der Waals surface area contributed by atoms with Crippen LogP contribution in [0, 0.1) is 10.1 Å². The molecule has 3 rings (SSSR count). The number of hydrogen-bond donors (Lipinski definition) is 1. The van der Waals surface area contributed by atoms with Crippen LogP contribution in [-0.4, -0.2) is 40.0 Å². The SMILES string of the molecule is CC(Sc1ccc([N+](=O)[O-])cc1)C(=O)NC(CN1CCCC1=O)c1ccccc1. The third-order valence-corrected chi connectivity index (χ3v) is 5.93. The molecule has 8 heteroatoms. The van der Waals surface area contributed by atoms with Gasteiger partial charge in [-0.1, -0.05) is 30.3 Å². The molecular formula is C21H23N3O4S. The van der Waals surface area contributed by atoms with E-state index in [1.54, 1.807) is 24.0 Å². The molecule has 2 unspecified atom stereocenters. The first kappa shape index (κ1) is 20.9. The molecule has 0 radical (unpaired) electrons. The lowest BCUT2D eigenvalue weighted by Crippen LogP contribution is -2.41. The van der Waals surface area contributed by atoms with Gasteiger partial charge in [-0.15, -0.1) is 11.8 Å². The van der Waals surface area contributed by atoms with E-state index in [9.17, 15) is 19.7 Å². The van der Waals surface area contributed by atoms with Crippen LogP contribution in [0.3, 0.4) is 0 Å². The number of nitro benzene ring substituents is 1. The van der Waals surface area contributed by atoms with E-state index >= 15 is 0 Å². The van der Waals surface area contributed by atoms with Crippen LogP contribution in [0.5, 0.6) is 0 Å². The Labute approximate surface area is 173 Å². The van der Waals surface area contributed by atoms with Crippen LogP contribution in [0.25, 0.3) is 0 Å². The smallest absolute Gasteiger partial charge is 0.269 e. The van der Waals surface area contributed by atoms with Crippen molar-refractivity contribution in [3.63, 3.8) is 0 Å². The Morgan fingerprint density at radius 3 is 2.48 bits per heavy atom. The molecule has 1 aliphatic heterocycles. The summed E-state index contributed by atoms with van der Waals surface area (Å²) in [5, 5.41) is 13.4. The predicted octanol–water partition coefficient (Wildman–Crippen LogP) is 3.56. The molecule has 2 aromatic carbocycles. The van der Waals surface area contributed by atoms with E-state index in [0.29, 0.717) is 19.5 Å². The van der Waals surface area contributed by atoms with Gasteiger partial charge in [0.2, 0.25) is 11.8 Å². The summed E-state index contributed by atoms with van der Waals surface area (Å²) in [7, 11) is 0. The Morgan fingerprint density at radius 2 is 1.90 bits per heavy atom. The Morgan fingerprint density at radius 1 is 1.21 bits per heavy atom. The number of carbonyl (C=O) groups is 2. The lowest BCUT2D eigenvalue weighted by Gasteiger charge is -2.26. The van der Waals surface area contributed by atoms with Crippen molar-refractivity contribution in [2.75, 3.05) is 13.1 Å². The zero-order chi connectivity index (χ0) is 20.8. The van der Waals surface area contributed by atoms with E-state index in [1.807, 2.05) is 30.3 Å². The van der Waals surface area contributed by atoms with E-state index in [1.165, 1.54) is 23.9 Å². The van der Waals surface area contributed by atoms with Gasteiger partial charge in [0, 0.05) is 36.5 Å². The monoisotopic (exact) mass is 413 g/mol.